The quantitative estimate of drug-likeness (QED) is 0.157. The fourth-order valence-corrected chi connectivity index (χ4v) is 8.54. The van der Waals surface area contributed by atoms with Crippen LogP contribution in [0, 0.1) is 25.7 Å². The predicted molar refractivity (Wildman–Crippen MR) is 203 cm³/mol. The molecule has 1 atom stereocenters. The molecule has 0 radical (unpaired) electrons. The molecule has 5 aromatic rings. The van der Waals surface area contributed by atoms with Gasteiger partial charge >= 0.3 is 0 Å². The topological polar surface area (TPSA) is 127 Å². The highest BCUT2D eigenvalue weighted by Gasteiger charge is 2.39. The van der Waals surface area contributed by atoms with Crippen molar-refractivity contribution in [2.24, 2.45) is 4.99 Å². The number of piperidine rings is 1. The van der Waals surface area contributed by atoms with Crippen molar-refractivity contribution in [3.8, 4) is 16.8 Å². The summed E-state index contributed by atoms with van der Waals surface area (Å²) in [6, 6.07) is 12.8. The van der Waals surface area contributed by atoms with E-state index in [0.29, 0.717) is 30.1 Å². The molecular formula is C40H35ClN8O3S. The van der Waals surface area contributed by atoms with Crippen LogP contribution in [0.15, 0.2) is 65.4 Å². The number of thiophene rings is 1. The molecule has 0 aliphatic carbocycles. The van der Waals surface area contributed by atoms with Gasteiger partial charge in [-0.3, -0.25) is 33.9 Å². The first-order valence-electron chi connectivity index (χ1n) is 17.5. The average Bonchev–Trinajstić information content (AvgIpc) is 3.88. The maximum atomic E-state index is 13.2. The minimum Gasteiger partial charge on any atom is -0.322 e. The lowest BCUT2D eigenvalue weighted by Crippen LogP contribution is -2.52. The first-order chi connectivity index (χ1) is 25.6. The van der Waals surface area contributed by atoms with Crippen LogP contribution in [-0.2, 0) is 29.2 Å². The molecule has 266 valence electrons. The van der Waals surface area contributed by atoms with E-state index in [2.05, 4.69) is 56.9 Å². The van der Waals surface area contributed by atoms with Crippen LogP contribution in [0.3, 0.4) is 0 Å². The molecule has 3 aliphatic rings. The van der Waals surface area contributed by atoms with Gasteiger partial charge in [0.2, 0.25) is 11.8 Å². The Morgan fingerprint density at radius 2 is 1.92 bits per heavy atom. The van der Waals surface area contributed by atoms with Crippen molar-refractivity contribution in [1.82, 2.24) is 34.8 Å². The van der Waals surface area contributed by atoms with E-state index in [1.807, 2.05) is 60.3 Å². The van der Waals surface area contributed by atoms with Gasteiger partial charge in [-0.05, 0) is 74.9 Å². The number of aryl methyl sites for hydroxylation is 2. The molecule has 1 N–H and O–H groups in total. The SMILES string of the molecule is C/C(=C/c1cccc2c1CN(C1CCC(=O)NC1=O)C2=O)CCCn1cc(C#Cc2sc3c(c2C)C(c2ccc(Cl)cc2)=NCc2nnc(C)n2-3)cn1. The van der Waals surface area contributed by atoms with Gasteiger partial charge in [0.15, 0.2) is 5.82 Å². The normalized spacial score (nSPS) is 16.7. The zero-order chi connectivity index (χ0) is 36.8. The second-order valence-electron chi connectivity index (χ2n) is 13.5. The van der Waals surface area contributed by atoms with Crippen LogP contribution >= 0.6 is 22.9 Å². The molecule has 13 heteroatoms. The number of aromatic nitrogens is 5. The number of amides is 3. The third-order valence-electron chi connectivity index (χ3n) is 9.89. The van der Waals surface area contributed by atoms with Crippen molar-refractivity contribution < 1.29 is 14.4 Å². The van der Waals surface area contributed by atoms with Crippen LogP contribution in [0.25, 0.3) is 11.1 Å². The van der Waals surface area contributed by atoms with Crippen LogP contribution in [0.1, 0.15) is 92.9 Å². The summed E-state index contributed by atoms with van der Waals surface area (Å²) in [6.45, 7) is 7.63. The van der Waals surface area contributed by atoms with Gasteiger partial charge in [-0.15, -0.1) is 21.5 Å². The van der Waals surface area contributed by atoms with E-state index in [1.165, 1.54) is 5.57 Å². The number of nitrogens with zero attached hydrogens (tertiary/aromatic N) is 7. The number of aliphatic imine (C=N–C) groups is 1. The fourth-order valence-electron chi connectivity index (χ4n) is 7.18. The summed E-state index contributed by atoms with van der Waals surface area (Å²) in [4.78, 5) is 44.9. The predicted octanol–water partition coefficient (Wildman–Crippen LogP) is 6.19. The smallest absolute Gasteiger partial charge is 0.255 e. The number of fused-ring (bicyclic) bond motifs is 4. The number of hydrogen-bond donors (Lipinski definition) is 1. The van der Waals surface area contributed by atoms with Gasteiger partial charge in [0.25, 0.3) is 5.91 Å². The molecule has 0 spiro atoms. The van der Waals surface area contributed by atoms with Crippen LogP contribution in [-0.4, -0.2) is 58.9 Å². The van der Waals surface area contributed by atoms with Gasteiger partial charge in [-0.1, -0.05) is 59.4 Å². The number of halogens is 1. The molecule has 11 nitrogen and oxygen atoms in total. The maximum absolute atomic E-state index is 13.2. The molecule has 3 amide bonds. The number of allylic oxidation sites excluding steroid dienone is 1. The third kappa shape index (κ3) is 6.62. The van der Waals surface area contributed by atoms with Crippen molar-refractivity contribution >= 4 is 52.4 Å². The van der Waals surface area contributed by atoms with Gasteiger partial charge in [0.05, 0.1) is 22.3 Å². The average molecular weight is 743 g/mol. The Morgan fingerprint density at radius 1 is 1.09 bits per heavy atom. The van der Waals surface area contributed by atoms with Gasteiger partial charge in [0, 0.05) is 47.4 Å². The highest BCUT2D eigenvalue weighted by Crippen LogP contribution is 2.37. The Labute approximate surface area is 315 Å². The number of nitrogens with one attached hydrogen (secondary N) is 1. The fraction of sp³-hybridized carbons (Fsp3) is 0.275. The Hall–Kier alpha value is -5.64. The molecule has 1 fully saturated rings. The number of benzene rings is 2. The highest BCUT2D eigenvalue weighted by atomic mass is 35.5. The van der Waals surface area contributed by atoms with Crippen LogP contribution in [0.2, 0.25) is 5.02 Å². The van der Waals surface area contributed by atoms with Gasteiger partial charge in [-0.25, -0.2) is 0 Å². The molecule has 8 rings (SSSR count). The molecule has 0 saturated carbocycles. The highest BCUT2D eigenvalue weighted by molar-refractivity contribution is 7.15. The van der Waals surface area contributed by atoms with E-state index in [0.717, 1.165) is 80.0 Å². The Balaban J connectivity index is 0.948. The zero-order valence-corrected chi connectivity index (χ0v) is 31.0. The standard InChI is InChI=1S/C40H35ClN8O3S/c1-23(18-28-7-4-8-30-31(28)22-48(39(30)52)32-14-16-35(50)44-38(32)51)6-5-17-47-21-26(19-43-47)9-15-33-24(2)36-37(27-10-12-29(41)13-11-27)42-20-34-46-45-25(3)49(34)40(36)53-33/h4,7-8,10-13,18-19,21,32H,5-6,14,16-17,20,22H2,1-3H3,(H,44,50,51)/b23-18-. The van der Waals surface area contributed by atoms with E-state index < -0.39 is 11.9 Å². The lowest BCUT2D eigenvalue weighted by molar-refractivity contribution is -0.136. The largest absolute Gasteiger partial charge is 0.322 e. The summed E-state index contributed by atoms with van der Waals surface area (Å²) < 4.78 is 4.00. The monoisotopic (exact) mass is 742 g/mol. The number of imide groups is 1. The van der Waals surface area contributed by atoms with E-state index in [9.17, 15) is 14.4 Å². The second-order valence-corrected chi connectivity index (χ2v) is 15.0. The maximum Gasteiger partial charge on any atom is 0.255 e. The minimum atomic E-state index is -0.631. The van der Waals surface area contributed by atoms with Gasteiger partial charge in [0.1, 0.15) is 23.4 Å². The second kappa shape index (κ2) is 14.1. The molecule has 0 bridgehead atoms. The van der Waals surface area contributed by atoms with E-state index in [1.54, 1.807) is 22.4 Å². The molecule has 6 heterocycles. The molecule has 1 saturated heterocycles. The summed E-state index contributed by atoms with van der Waals surface area (Å²) in [7, 11) is 0. The first kappa shape index (κ1) is 34.4. The Kier molecular flexibility index (Phi) is 9.14. The summed E-state index contributed by atoms with van der Waals surface area (Å²) in [5.74, 6) is 7.47. The van der Waals surface area contributed by atoms with Crippen LogP contribution < -0.4 is 5.32 Å². The van der Waals surface area contributed by atoms with Crippen molar-refractivity contribution in [3.05, 3.63) is 121 Å². The number of carbonyl (C=O) groups excluding carboxylic acids is 3. The molecule has 53 heavy (non-hydrogen) atoms. The lowest BCUT2D eigenvalue weighted by Gasteiger charge is -2.29. The van der Waals surface area contributed by atoms with Crippen LogP contribution in [0.4, 0.5) is 0 Å². The van der Waals surface area contributed by atoms with Crippen molar-refractivity contribution in [2.75, 3.05) is 0 Å². The lowest BCUT2D eigenvalue weighted by atomic mass is 10.00. The summed E-state index contributed by atoms with van der Waals surface area (Å²) >= 11 is 7.82. The minimum absolute atomic E-state index is 0.166. The molecule has 2 aromatic carbocycles. The molecular weight excluding hydrogens is 708 g/mol. The van der Waals surface area contributed by atoms with Crippen molar-refractivity contribution in [2.45, 2.75) is 72.1 Å². The van der Waals surface area contributed by atoms with E-state index >= 15 is 0 Å². The van der Waals surface area contributed by atoms with Crippen LogP contribution in [0.5, 0.6) is 0 Å². The van der Waals surface area contributed by atoms with E-state index in [4.69, 9.17) is 16.6 Å². The van der Waals surface area contributed by atoms with E-state index in [-0.39, 0.29) is 18.2 Å². The number of rotatable bonds is 7. The molecule has 3 aromatic heterocycles. The summed E-state index contributed by atoms with van der Waals surface area (Å²) in [5.41, 5.74) is 8.47. The third-order valence-corrected chi connectivity index (χ3v) is 11.3. The Morgan fingerprint density at radius 3 is 2.74 bits per heavy atom. The molecule has 3 aliphatic heterocycles. The number of carbonyl (C=O) groups is 3. The summed E-state index contributed by atoms with van der Waals surface area (Å²) in [6.07, 6.45) is 8.19. The van der Waals surface area contributed by atoms with Gasteiger partial charge in [-0.2, -0.15) is 5.10 Å². The Bertz CT molecular complexity index is 2440. The van der Waals surface area contributed by atoms with Gasteiger partial charge < -0.3 is 4.90 Å². The number of hydrogen-bond acceptors (Lipinski definition) is 8. The summed E-state index contributed by atoms with van der Waals surface area (Å²) in [5, 5.41) is 17.3. The first-order valence-corrected chi connectivity index (χ1v) is 18.7. The van der Waals surface area contributed by atoms with Crippen molar-refractivity contribution in [3.63, 3.8) is 0 Å². The molecule has 1 unspecified atom stereocenters. The zero-order valence-electron chi connectivity index (χ0n) is 29.4. The van der Waals surface area contributed by atoms with Crippen molar-refractivity contribution in [1.29, 1.82) is 0 Å².